The monoisotopic (exact) mass is 372 g/mol. The van der Waals surface area contributed by atoms with Gasteiger partial charge in [-0.25, -0.2) is 4.79 Å². The molecule has 1 aromatic carbocycles. The number of amides is 2. The third-order valence-electron chi connectivity index (χ3n) is 3.63. The summed E-state index contributed by atoms with van der Waals surface area (Å²) in [4.78, 5) is 26.0. The van der Waals surface area contributed by atoms with Gasteiger partial charge in [0.1, 0.15) is 17.2 Å². The van der Waals surface area contributed by atoms with Gasteiger partial charge in [-0.2, -0.15) is 5.26 Å². The molecule has 1 rings (SSSR count). The molecule has 0 aromatic heterocycles. The summed E-state index contributed by atoms with van der Waals surface area (Å²) in [6, 6.07) is 7.55. The van der Waals surface area contributed by atoms with Crippen molar-refractivity contribution in [3.8, 4) is 6.07 Å². The number of hydrogen-bond donors (Lipinski definition) is 2. The van der Waals surface area contributed by atoms with Gasteiger partial charge in [0.15, 0.2) is 0 Å². The highest BCUT2D eigenvalue weighted by Gasteiger charge is 2.22. The molecule has 7 heteroatoms. The Morgan fingerprint density at radius 3 is 2.56 bits per heavy atom. The lowest BCUT2D eigenvalue weighted by Gasteiger charge is -2.25. The van der Waals surface area contributed by atoms with Crippen molar-refractivity contribution in [1.29, 1.82) is 5.26 Å². The highest BCUT2D eigenvalue weighted by atomic mass is 16.6. The second-order valence-electron chi connectivity index (χ2n) is 7.03. The number of para-hydroxylation sites is 1. The Kier molecular flexibility index (Phi) is 8.00. The van der Waals surface area contributed by atoms with Crippen LogP contribution in [0.4, 0.5) is 10.5 Å². The third-order valence-corrected chi connectivity index (χ3v) is 3.63. The maximum Gasteiger partial charge on any atom is 0.414 e. The molecule has 0 atom stereocenters. The van der Waals surface area contributed by atoms with Crippen LogP contribution in [-0.2, 0) is 16.0 Å². The highest BCUT2D eigenvalue weighted by Crippen LogP contribution is 2.22. The molecule has 3 N–H and O–H groups in total. The van der Waals surface area contributed by atoms with Gasteiger partial charge in [-0.15, -0.1) is 0 Å². The average molecular weight is 372 g/mol. The number of benzene rings is 1. The minimum atomic E-state index is -0.704. The molecule has 0 unspecified atom stereocenters. The van der Waals surface area contributed by atoms with Gasteiger partial charge in [0.05, 0.1) is 0 Å². The van der Waals surface area contributed by atoms with Gasteiger partial charge in [0, 0.05) is 25.0 Å². The van der Waals surface area contributed by atoms with Crippen LogP contribution >= 0.6 is 0 Å². The minimum absolute atomic E-state index is 0.123. The van der Waals surface area contributed by atoms with E-state index in [1.54, 1.807) is 20.8 Å². The number of ether oxygens (including phenoxy) is 1. The standard InChI is InChI=1S/C20H28N4O3/c1-6-15-9-7-8-14(2)17(15)23-18(25)16(12-22)13-24(11-10-21)19(26)27-20(3,4)5/h7-9,13H,6,10-11,21H2,1-5H3,(H,23,25)/b16-13-. The van der Waals surface area contributed by atoms with E-state index in [2.05, 4.69) is 5.32 Å². The SMILES string of the molecule is CCc1cccc(C)c1NC(=O)/C(C#N)=C\N(CCN)C(=O)OC(C)(C)C. The number of hydrogen-bond acceptors (Lipinski definition) is 5. The van der Waals surface area contributed by atoms with Gasteiger partial charge in [-0.05, 0) is 45.2 Å². The van der Waals surface area contributed by atoms with Crippen molar-refractivity contribution in [2.45, 2.75) is 46.6 Å². The Hall–Kier alpha value is -2.85. The van der Waals surface area contributed by atoms with E-state index in [0.717, 1.165) is 22.4 Å². The van der Waals surface area contributed by atoms with Crippen molar-refractivity contribution in [3.05, 3.63) is 41.1 Å². The second-order valence-corrected chi connectivity index (χ2v) is 7.03. The molecule has 0 heterocycles. The van der Waals surface area contributed by atoms with Crippen LogP contribution in [0.1, 0.15) is 38.8 Å². The Labute approximate surface area is 160 Å². The molecule has 0 fully saturated rings. The number of nitrogens with one attached hydrogen (secondary N) is 1. The van der Waals surface area contributed by atoms with E-state index in [-0.39, 0.29) is 18.7 Å². The van der Waals surface area contributed by atoms with Crippen LogP contribution in [0.25, 0.3) is 0 Å². The van der Waals surface area contributed by atoms with E-state index < -0.39 is 17.6 Å². The highest BCUT2D eigenvalue weighted by molar-refractivity contribution is 6.07. The predicted molar refractivity (Wildman–Crippen MR) is 105 cm³/mol. The molecule has 0 bridgehead atoms. The molecule has 27 heavy (non-hydrogen) atoms. The number of nitrogens with zero attached hydrogens (tertiary/aromatic N) is 2. The molecule has 0 radical (unpaired) electrons. The van der Waals surface area contributed by atoms with Crippen LogP contribution in [0.2, 0.25) is 0 Å². The zero-order chi connectivity index (χ0) is 20.6. The molecular formula is C20H28N4O3. The van der Waals surface area contributed by atoms with Gasteiger partial charge >= 0.3 is 6.09 Å². The summed E-state index contributed by atoms with van der Waals surface area (Å²) in [7, 11) is 0. The van der Waals surface area contributed by atoms with Crippen LogP contribution in [-0.4, -0.2) is 35.6 Å². The number of carbonyl (C=O) groups is 2. The van der Waals surface area contributed by atoms with Crippen LogP contribution in [0.5, 0.6) is 0 Å². The topological polar surface area (TPSA) is 108 Å². The first-order valence-corrected chi connectivity index (χ1v) is 8.84. The van der Waals surface area contributed by atoms with E-state index in [9.17, 15) is 14.9 Å². The molecular weight excluding hydrogens is 344 g/mol. The zero-order valence-corrected chi connectivity index (χ0v) is 16.6. The van der Waals surface area contributed by atoms with Crippen molar-refractivity contribution in [2.24, 2.45) is 5.73 Å². The first-order valence-electron chi connectivity index (χ1n) is 8.84. The van der Waals surface area contributed by atoms with E-state index in [1.807, 2.05) is 38.1 Å². The van der Waals surface area contributed by atoms with Crippen molar-refractivity contribution in [1.82, 2.24) is 4.90 Å². The van der Waals surface area contributed by atoms with E-state index in [0.29, 0.717) is 5.69 Å². The fourth-order valence-electron chi connectivity index (χ4n) is 2.35. The summed E-state index contributed by atoms with van der Waals surface area (Å²) in [6.45, 7) is 9.35. The molecule has 0 saturated carbocycles. The van der Waals surface area contributed by atoms with E-state index in [1.165, 1.54) is 6.20 Å². The molecule has 0 spiro atoms. The predicted octanol–water partition coefficient (Wildman–Crippen LogP) is 3.10. The van der Waals surface area contributed by atoms with Gasteiger partial charge in [0.2, 0.25) is 0 Å². The van der Waals surface area contributed by atoms with Gasteiger partial charge in [0.25, 0.3) is 5.91 Å². The summed E-state index contributed by atoms with van der Waals surface area (Å²) in [5.74, 6) is -0.591. The van der Waals surface area contributed by atoms with Gasteiger partial charge in [-0.1, -0.05) is 25.1 Å². The molecule has 2 amide bonds. The summed E-state index contributed by atoms with van der Waals surface area (Å²) in [5, 5.41) is 12.2. The van der Waals surface area contributed by atoms with Gasteiger partial charge in [-0.3, -0.25) is 9.69 Å². The number of nitrogens with two attached hydrogens (primary N) is 1. The fourth-order valence-corrected chi connectivity index (χ4v) is 2.35. The number of rotatable bonds is 6. The Morgan fingerprint density at radius 2 is 2.04 bits per heavy atom. The summed E-state index contributed by atoms with van der Waals surface area (Å²) in [6.07, 6.45) is 1.25. The first-order chi connectivity index (χ1) is 12.6. The van der Waals surface area contributed by atoms with E-state index >= 15 is 0 Å². The quantitative estimate of drug-likeness (QED) is 0.589. The summed E-state index contributed by atoms with van der Waals surface area (Å²) >= 11 is 0. The van der Waals surface area contributed by atoms with E-state index in [4.69, 9.17) is 10.5 Å². The van der Waals surface area contributed by atoms with Crippen molar-refractivity contribution in [3.63, 3.8) is 0 Å². The lowest BCUT2D eigenvalue weighted by molar-refractivity contribution is -0.112. The largest absolute Gasteiger partial charge is 0.443 e. The van der Waals surface area contributed by atoms with Crippen LogP contribution in [0, 0.1) is 18.3 Å². The Bertz CT molecular complexity index is 757. The smallest absolute Gasteiger partial charge is 0.414 e. The molecule has 146 valence electrons. The number of aryl methyl sites for hydroxylation is 2. The fraction of sp³-hybridized carbons (Fsp3) is 0.450. The van der Waals surface area contributed by atoms with Crippen LogP contribution in [0.3, 0.4) is 0 Å². The maximum absolute atomic E-state index is 12.6. The molecule has 0 saturated heterocycles. The third kappa shape index (κ3) is 6.76. The molecule has 0 aliphatic rings. The zero-order valence-electron chi connectivity index (χ0n) is 16.6. The normalized spacial score (nSPS) is 11.5. The van der Waals surface area contributed by atoms with Crippen LogP contribution in [0.15, 0.2) is 30.0 Å². The van der Waals surface area contributed by atoms with Gasteiger partial charge < -0.3 is 15.8 Å². The molecule has 7 nitrogen and oxygen atoms in total. The minimum Gasteiger partial charge on any atom is -0.443 e. The Balaban J connectivity index is 3.11. The summed E-state index contributed by atoms with van der Waals surface area (Å²) in [5.41, 5.74) is 7.16. The van der Waals surface area contributed by atoms with Crippen LogP contribution < -0.4 is 11.1 Å². The Morgan fingerprint density at radius 1 is 1.37 bits per heavy atom. The number of anilines is 1. The summed E-state index contributed by atoms with van der Waals surface area (Å²) < 4.78 is 5.30. The molecule has 0 aliphatic heterocycles. The number of nitriles is 1. The number of carbonyl (C=O) groups excluding carboxylic acids is 2. The maximum atomic E-state index is 12.6. The molecule has 0 aliphatic carbocycles. The van der Waals surface area contributed by atoms with Crippen molar-refractivity contribution in [2.75, 3.05) is 18.4 Å². The van der Waals surface area contributed by atoms with Crippen molar-refractivity contribution >= 4 is 17.7 Å². The lowest BCUT2D eigenvalue weighted by atomic mass is 10.1. The molecule has 1 aromatic rings. The second kappa shape index (κ2) is 9.74. The first kappa shape index (κ1) is 22.2. The lowest BCUT2D eigenvalue weighted by Crippen LogP contribution is -2.37. The average Bonchev–Trinajstić information content (AvgIpc) is 2.58. The van der Waals surface area contributed by atoms with Crippen molar-refractivity contribution < 1.29 is 14.3 Å².